The van der Waals surface area contributed by atoms with Crippen molar-refractivity contribution in [2.75, 3.05) is 12.5 Å². The first-order chi connectivity index (χ1) is 17.4. The molecule has 0 bridgehead atoms. The van der Waals surface area contributed by atoms with E-state index >= 15 is 0 Å². The van der Waals surface area contributed by atoms with E-state index in [-0.39, 0.29) is 12.4 Å². The molecule has 2 heterocycles. The van der Waals surface area contributed by atoms with Crippen LogP contribution in [0.4, 0.5) is 0 Å². The van der Waals surface area contributed by atoms with Crippen molar-refractivity contribution in [1.82, 2.24) is 10.4 Å². The summed E-state index contributed by atoms with van der Waals surface area (Å²) in [4.78, 5) is 37.9. The molecule has 0 amide bonds. The van der Waals surface area contributed by atoms with Crippen LogP contribution in [0.2, 0.25) is 0 Å². The van der Waals surface area contributed by atoms with Crippen molar-refractivity contribution in [3.05, 3.63) is 60.3 Å². The molecule has 0 radical (unpaired) electrons. The fourth-order valence-corrected chi connectivity index (χ4v) is 6.41. The molecule has 7 N–H and O–H groups in total. The fraction of sp³-hybridized carbons (Fsp3) is 0.381. The molecule has 1 saturated heterocycles. The molecule has 1 fully saturated rings. The van der Waals surface area contributed by atoms with Crippen LogP contribution in [0.3, 0.4) is 0 Å². The number of hydrogen-bond acceptors (Lipinski definition) is 11. The van der Waals surface area contributed by atoms with Gasteiger partial charge in [-0.15, -0.1) is 0 Å². The van der Waals surface area contributed by atoms with Gasteiger partial charge < -0.3 is 44.2 Å². The van der Waals surface area contributed by atoms with Crippen LogP contribution >= 0.6 is 15.2 Å². The summed E-state index contributed by atoms with van der Waals surface area (Å²) in [5, 5.41) is 33.2. The third-order valence-electron chi connectivity index (χ3n) is 5.59. The molecule has 0 saturated carbocycles. The summed E-state index contributed by atoms with van der Waals surface area (Å²) in [5.74, 6) is -1.23. The number of nitrogens with one attached hydrogen (secondary N) is 1. The van der Waals surface area contributed by atoms with Gasteiger partial charge in [0.25, 0.3) is 0 Å². The van der Waals surface area contributed by atoms with E-state index in [1.165, 1.54) is 12.3 Å². The minimum Gasteiger partial charge on any atom is -0.387 e. The van der Waals surface area contributed by atoms with Crippen LogP contribution in [0.5, 0.6) is 0 Å². The van der Waals surface area contributed by atoms with Gasteiger partial charge in [-0.25, -0.2) is 10.5 Å². The minimum absolute atomic E-state index is 0.177. The quantitative estimate of drug-likeness (QED) is 0.161. The van der Waals surface area contributed by atoms with Crippen molar-refractivity contribution in [2.24, 2.45) is 4.99 Å². The average molecular weight is 559 g/mol. The Bertz CT molecular complexity index is 1270. The number of hydroxylamine groups is 1. The molecule has 0 aliphatic carbocycles. The van der Waals surface area contributed by atoms with Crippen LogP contribution < -0.4 is 5.48 Å². The van der Waals surface area contributed by atoms with Crippen LogP contribution in [0.15, 0.2) is 59.7 Å². The maximum Gasteiger partial charge on any atom is 0.340 e. The first-order valence-corrected chi connectivity index (χ1v) is 14.6. The number of rotatable bonds is 9. The maximum atomic E-state index is 11.8. The van der Waals surface area contributed by atoms with Gasteiger partial charge in [-0.3, -0.25) is 14.0 Å². The van der Waals surface area contributed by atoms with Gasteiger partial charge in [-0.05, 0) is 28.5 Å². The highest BCUT2D eigenvalue weighted by Gasteiger charge is 2.47. The van der Waals surface area contributed by atoms with Gasteiger partial charge in [0, 0.05) is 6.20 Å². The van der Waals surface area contributed by atoms with Gasteiger partial charge in [-0.2, -0.15) is 0 Å². The smallest absolute Gasteiger partial charge is 0.340 e. The lowest BCUT2D eigenvalue weighted by Crippen LogP contribution is -2.48. The van der Waals surface area contributed by atoms with Crippen LogP contribution in [-0.4, -0.2) is 84.1 Å². The fourth-order valence-electron chi connectivity index (χ4n) is 3.84. The molecule has 0 aromatic heterocycles. The van der Waals surface area contributed by atoms with Crippen molar-refractivity contribution in [1.29, 1.82) is 0 Å². The van der Waals surface area contributed by atoms with Crippen LogP contribution in [0.1, 0.15) is 5.56 Å². The van der Waals surface area contributed by atoms with Crippen molar-refractivity contribution >= 4 is 31.8 Å². The Balaban J connectivity index is 1.29. The van der Waals surface area contributed by atoms with E-state index in [1.807, 2.05) is 42.5 Å². The van der Waals surface area contributed by atoms with E-state index in [0.717, 1.165) is 21.2 Å². The number of aliphatic hydroxyl groups excluding tert-OH is 3. The molecule has 2 aromatic rings. The highest BCUT2D eigenvalue weighted by molar-refractivity contribution is 7.70. The summed E-state index contributed by atoms with van der Waals surface area (Å²) in [6.07, 6.45) is -4.56. The highest BCUT2D eigenvalue weighted by atomic mass is 31.2. The summed E-state index contributed by atoms with van der Waals surface area (Å²) < 4.78 is 32.9. The van der Waals surface area contributed by atoms with Crippen molar-refractivity contribution < 1.29 is 53.2 Å². The second-order valence-electron chi connectivity index (χ2n) is 8.48. The van der Waals surface area contributed by atoms with Gasteiger partial charge >= 0.3 is 15.2 Å². The lowest BCUT2D eigenvalue weighted by Gasteiger charge is -2.33. The number of aliphatic hydroxyl groups is 3. The Morgan fingerprint density at radius 3 is 2.46 bits per heavy atom. The van der Waals surface area contributed by atoms with Gasteiger partial charge in [-0.1, -0.05) is 36.4 Å². The number of nitrogens with zero attached hydrogens (tertiary/aromatic N) is 2. The Hall–Kier alpha value is -2.19. The third-order valence-corrected chi connectivity index (χ3v) is 9.05. The standard InChI is InChI=1S/C21H27N3O11P2/c25-18-16(11-34-37(31,32)12-36(28,29)30)35-20(19(18)26)24-8-7-17(22-21(24)27)23-33-10-13-5-6-14-3-1-2-4-15(14)9-13/h1-9,16,18-21,25-27H,10-12H2,(H,22,23)(H,31,32)(H2,28,29,30)/t16-,18?,19?,20-,21?/m1/s1. The Morgan fingerprint density at radius 2 is 1.76 bits per heavy atom. The lowest BCUT2D eigenvalue weighted by molar-refractivity contribution is -0.129. The van der Waals surface area contributed by atoms with Gasteiger partial charge in [0.05, 0.1) is 13.2 Å². The SMILES string of the molecule is O=P(O)(O)CP(=O)(O)OC[C@H]1O[C@@H](N2C=CC(NOCc3ccc4ccccc4c3)=NC2O)C(O)C1O. The summed E-state index contributed by atoms with van der Waals surface area (Å²) in [7, 11) is -9.52. The number of aliphatic imine (C=N–C) groups is 1. The van der Waals surface area contributed by atoms with Gasteiger partial charge in [0.2, 0.25) is 6.35 Å². The second-order valence-corrected chi connectivity index (χ2v) is 12.5. The topological polar surface area (TPSA) is 211 Å². The number of amidine groups is 1. The minimum atomic E-state index is -4.83. The Kier molecular flexibility index (Phi) is 8.48. The Labute approximate surface area is 211 Å². The molecule has 6 atom stereocenters. The molecule has 0 spiro atoms. The zero-order valence-corrected chi connectivity index (χ0v) is 21.0. The molecule has 37 heavy (non-hydrogen) atoms. The van der Waals surface area contributed by atoms with E-state index in [0.29, 0.717) is 0 Å². The van der Waals surface area contributed by atoms with E-state index in [1.54, 1.807) is 0 Å². The normalized spacial score (nSPS) is 27.8. The molecular formula is C21H27N3O11P2. The van der Waals surface area contributed by atoms with Crippen LogP contribution in [0.25, 0.3) is 10.8 Å². The first kappa shape index (κ1) is 27.8. The number of fused-ring (bicyclic) bond motifs is 1. The van der Waals surface area contributed by atoms with E-state index in [2.05, 4.69) is 15.0 Å². The number of benzene rings is 2. The summed E-state index contributed by atoms with van der Waals surface area (Å²) in [6.45, 7) is -0.526. The number of ether oxygens (including phenoxy) is 1. The van der Waals surface area contributed by atoms with Gasteiger partial charge in [0.15, 0.2) is 18.0 Å². The van der Waals surface area contributed by atoms with Crippen molar-refractivity contribution in [3.63, 3.8) is 0 Å². The molecule has 2 aliphatic heterocycles. The maximum absolute atomic E-state index is 11.8. The Morgan fingerprint density at radius 1 is 1.03 bits per heavy atom. The average Bonchev–Trinajstić information content (AvgIpc) is 3.10. The van der Waals surface area contributed by atoms with E-state index in [4.69, 9.17) is 19.4 Å². The van der Waals surface area contributed by atoms with E-state index < -0.39 is 58.6 Å². The highest BCUT2D eigenvalue weighted by Crippen LogP contribution is 2.55. The summed E-state index contributed by atoms with van der Waals surface area (Å²) >= 11 is 0. The monoisotopic (exact) mass is 559 g/mol. The largest absolute Gasteiger partial charge is 0.387 e. The molecule has 4 unspecified atom stereocenters. The molecule has 14 nitrogen and oxygen atoms in total. The van der Waals surface area contributed by atoms with Crippen molar-refractivity contribution in [2.45, 2.75) is 37.5 Å². The van der Waals surface area contributed by atoms with Crippen LogP contribution in [0, 0.1) is 0 Å². The predicted octanol–water partition coefficient (Wildman–Crippen LogP) is 0.149. The zero-order valence-electron chi connectivity index (χ0n) is 19.2. The predicted molar refractivity (Wildman–Crippen MR) is 130 cm³/mol. The second kappa shape index (κ2) is 11.3. The zero-order chi connectivity index (χ0) is 26.8. The van der Waals surface area contributed by atoms with Gasteiger partial charge in [0.1, 0.15) is 18.3 Å². The molecule has 4 rings (SSSR count). The summed E-state index contributed by atoms with van der Waals surface area (Å²) in [5.41, 5.74) is 3.53. The van der Waals surface area contributed by atoms with Crippen molar-refractivity contribution in [3.8, 4) is 0 Å². The van der Waals surface area contributed by atoms with Crippen LogP contribution in [-0.2, 0) is 29.8 Å². The molecule has 2 aliphatic rings. The molecule has 202 valence electrons. The van der Waals surface area contributed by atoms with E-state index in [9.17, 15) is 29.3 Å². The third kappa shape index (κ3) is 7.23. The molecule has 2 aromatic carbocycles. The first-order valence-electron chi connectivity index (χ1n) is 11.0. The lowest BCUT2D eigenvalue weighted by atomic mass is 10.1. The number of hydrogen-bond donors (Lipinski definition) is 7. The molecule has 16 heteroatoms. The molecular weight excluding hydrogens is 532 g/mol. The summed E-state index contributed by atoms with van der Waals surface area (Å²) in [6, 6.07) is 13.8.